The maximum Gasteiger partial charge on any atom is 0.338 e. The lowest BCUT2D eigenvalue weighted by Crippen LogP contribution is -2.36. The van der Waals surface area contributed by atoms with Crippen LogP contribution < -0.4 is 5.32 Å². The first-order valence-electron chi connectivity index (χ1n) is 9.75. The first kappa shape index (κ1) is 22.8. The first-order chi connectivity index (χ1) is 14.7. The van der Waals surface area contributed by atoms with Gasteiger partial charge in [0.25, 0.3) is 5.91 Å². The van der Waals surface area contributed by atoms with Crippen LogP contribution in [0.4, 0.5) is 14.5 Å². The molecule has 1 saturated heterocycles. The van der Waals surface area contributed by atoms with Gasteiger partial charge in [-0.1, -0.05) is 6.42 Å². The number of sulfonamides is 1. The molecule has 166 valence electrons. The molecule has 1 heterocycles. The lowest BCUT2D eigenvalue weighted by atomic mass is 10.2. The van der Waals surface area contributed by atoms with Gasteiger partial charge in [0.15, 0.2) is 6.10 Å². The maximum atomic E-state index is 14.3. The lowest BCUT2D eigenvalue weighted by molar-refractivity contribution is -0.123. The number of amides is 1. The van der Waals surface area contributed by atoms with Crippen LogP contribution in [0, 0.1) is 11.6 Å². The summed E-state index contributed by atoms with van der Waals surface area (Å²) >= 11 is 0. The molecule has 0 aliphatic carbocycles. The number of hydrogen-bond donors (Lipinski definition) is 1. The van der Waals surface area contributed by atoms with Crippen LogP contribution in [0.15, 0.2) is 47.4 Å². The predicted molar refractivity (Wildman–Crippen MR) is 109 cm³/mol. The van der Waals surface area contributed by atoms with Gasteiger partial charge < -0.3 is 10.1 Å². The van der Waals surface area contributed by atoms with Crippen molar-refractivity contribution in [1.29, 1.82) is 0 Å². The largest absolute Gasteiger partial charge is 0.449 e. The normalized spacial score (nSPS) is 15.8. The monoisotopic (exact) mass is 452 g/mol. The van der Waals surface area contributed by atoms with E-state index in [1.54, 1.807) is 0 Å². The highest BCUT2D eigenvalue weighted by molar-refractivity contribution is 7.89. The van der Waals surface area contributed by atoms with Gasteiger partial charge in [-0.3, -0.25) is 4.79 Å². The lowest BCUT2D eigenvalue weighted by Gasteiger charge is -2.26. The minimum Gasteiger partial charge on any atom is -0.449 e. The molecule has 1 unspecified atom stereocenters. The Morgan fingerprint density at radius 3 is 2.32 bits per heavy atom. The topological polar surface area (TPSA) is 92.8 Å². The van der Waals surface area contributed by atoms with E-state index in [9.17, 15) is 26.8 Å². The summed E-state index contributed by atoms with van der Waals surface area (Å²) < 4.78 is 59.1. The standard InChI is InChI=1S/C21H22F2N2O5S/c1-14(20(26)24-17-8-6-16(22)7-9-17)30-21(27)15-5-10-18(23)19(13-15)31(28,29)25-11-3-2-4-12-25/h5-10,13-14H,2-4,11-12H2,1H3,(H,24,26). The summed E-state index contributed by atoms with van der Waals surface area (Å²) in [5, 5.41) is 2.47. The van der Waals surface area contributed by atoms with Crippen molar-refractivity contribution in [1.82, 2.24) is 4.31 Å². The number of esters is 1. The summed E-state index contributed by atoms with van der Waals surface area (Å²) in [6.45, 7) is 1.90. The van der Waals surface area contributed by atoms with Gasteiger partial charge in [0.1, 0.15) is 16.5 Å². The molecule has 1 aliphatic heterocycles. The molecule has 1 atom stereocenters. The Morgan fingerprint density at radius 2 is 1.68 bits per heavy atom. The Hall–Kier alpha value is -2.85. The van der Waals surface area contributed by atoms with Gasteiger partial charge in [0, 0.05) is 18.8 Å². The number of carbonyl (C=O) groups is 2. The van der Waals surface area contributed by atoms with Gasteiger partial charge in [-0.05, 0) is 62.2 Å². The van der Waals surface area contributed by atoms with Crippen molar-refractivity contribution in [2.75, 3.05) is 18.4 Å². The van der Waals surface area contributed by atoms with Gasteiger partial charge >= 0.3 is 5.97 Å². The van der Waals surface area contributed by atoms with Crippen LogP contribution in [0.25, 0.3) is 0 Å². The molecule has 1 N–H and O–H groups in total. The van der Waals surface area contributed by atoms with Crippen LogP contribution in [0.3, 0.4) is 0 Å². The van der Waals surface area contributed by atoms with Crippen molar-refractivity contribution >= 4 is 27.6 Å². The minimum atomic E-state index is -4.10. The van der Waals surface area contributed by atoms with Gasteiger partial charge in [-0.15, -0.1) is 0 Å². The van der Waals surface area contributed by atoms with Crippen LogP contribution in [-0.2, 0) is 19.6 Å². The van der Waals surface area contributed by atoms with E-state index in [2.05, 4.69) is 5.32 Å². The summed E-state index contributed by atoms with van der Waals surface area (Å²) in [4.78, 5) is 24.0. The molecule has 1 fully saturated rings. The zero-order valence-corrected chi connectivity index (χ0v) is 17.6. The number of rotatable bonds is 6. The van der Waals surface area contributed by atoms with Crippen molar-refractivity contribution in [2.45, 2.75) is 37.2 Å². The van der Waals surface area contributed by atoms with Crippen LogP contribution in [-0.4, -0.2) is 43.8 Å². The molecule has 0 radical (unpaired) electrons. The molecular weight excluding hydrogens is 430 g/mol. The highest BCUT2D eigenvalue weighted by Gasteiger charge is 2.30. The fourth-order valence-corrected chi connectivity index (χ4v) is 4.74. The van der Waals surface area contributed by atoms with Crippen LogP contribution in [0.5, 0.6) is 0 Å². The molecule has 2 aromatic rings. The number of ether oxygens (including phenoxy) is 1. The minimum absolute atomic E-state index is 0.196. The number of halogens is 2. The summed E-state index contributed by atoms with van der Waals surface area (Å²) in [5.41, 5.74) is 0.115. The van der Waals surface area contributed by atoms with Gasteiger partial charge in [0.05, 0.1) is 5.56 Å². The number of nitrogens with zero attached hydrogens (tertiary/aromatic N) is 1. The molecule has 0 saturated carbocycles. The zero-order chi connectivity index (χ0) is 22.6. The first-order valence-corrected chi connectivity index (χ1v) is 11.2. The number of anilines is 1. The van der Waals surface area contributed by atoms with E-state index in [1.165, 1.54) is 23.4 Å². The molecule has 1 amide bonds. The highest BCUT2D eigenvalue weighted by atomic mass is 32.2. The summed E-state index contributed by atoms with van der Waals surface area (Å²) in [6, 6.07) is 7.92. The molecule has 10 heteroatoms. The molecule has 0 spiro atoms. The van der Waals surface area contributed by atoms with Gasteiger partial charge in [-0.25, -0.2) is 22.0 Å². The average Bonchev–Trinajstić information content (AvgIpc) is 2.76. The van der Waals surface area contributed by atoms with Gasteiger partial charge in [0.2, 0.25) is 10.0 Å². The Morgan fingerprint density at radius 1 is 1.03 bits per heavy atom. The molecule has 3 rings (SSSR count). The van der Waals surface area contributed by atoms with Crippen molar-refractivity contribution in [2.24, 2.45) is 0 Å². The highest BCUT2D eigenvalue weighted by Crippen LogP contribution is 2.24. The number of hydrogen-bond acceptors (Lipinski definition) is 5. The van der Waals surface area contributed by atoms with E-state index in [0.717, 1.165) is 36.8 Å². The third-order valence-electron chi connectivity index (χ3n) is 4.86. The third kappa shape index (κ3) is 5.45. The molecule has 31 heavy (non-hydrogen) atoms. The van der Waals surface area contributed by atoms with E-state index in [4.69, 9.17) is 4.74 Å². The maximum absolute atomic E-state index is 14.3. The predicted octanol–water partition coefficient (Wildman–Crippen LogP) is 3.32. The van der Waals surface area contributed by atoms with Crippen LogP contribution in [0.2, 0.25) is 0 Å². The molecule has 0 bridgehead atoms. The Balaban J connectivity index is 1.72. The number of nitrogens with one attached hydrogen (secondary N) is 1. The fraction of sp³-hybridized carbons (Fsp3) is 0.333. The summed E-state index contributed by atoms with van der Waals surface area (Å²) in [7, 11) is -4.10. The Kier molecular flexibility index (Phi) is 7.01. The number of piperidine rings is 1. The molecule has 0 aromatic heterocycles. The second-order valence-electron chi connectivity index (χ2n) is 7.15. The average molecular weight is 452 g/mol. The van der Waals surface area contributed by atoms with Gasteiger partial charge in [-0.2, -0.15) is 4.31 Å². The second kappa shape index (κ2) is 9.52. The van der Waals surface area contributed by atoms with E-state index in [1.807, 2.05) is 0 Å². The van der Waals surface area contributed by atoms with Crippen molar-refractivity contribution in [3.8, 4) is 0 Å². The Labute approximate surface area is 179 Å². The SMILES string of the molecule is CC(OC(=O)c1ccc(F)c(S(=O)(=O)N2CCCCC2)c1)C(=O)Nc1ccc(F)cc1. The second-order valence-corrected chi connectivity index (χ2v) is 9.06. The smallest absolute Gasteiger partial charge is 0.338 e. The summed E-state index contributed by atoms with van der Waals surface area (Å²) in [5.74, 6) is -3.08. The third-order valence-corrected chi connectivity index (χ3v) is 6.78. The number of carbonyl (C=O) groups excluding carboxylic acids is 2. The van der Waals surface area contributed by atoms with Crippen LogP contribution >= 0.6 is 0 Å². The van der Waals surface area contributed by atoms with E-state index in [-0.39, 0.29) is 18.7 Å². The van der Waals surface area contributed by atoms with E-state index in [0.29, 0.717) is 18.5 Å². The van der Waals surface area contributed by atoms with E-state index < -0.39 is 44.5 Å². The molecule has 2 aromatic carbocycles. The van der Waals surface area contributed by atoms with Crippen molar-refractivity contribution < 1.29 is 31.5 Å². The quantitative estimate of drug-likeness (QED) is 0.679. The van der Waals surface area contributed by atoms with Crippen molar-refractivity contribution in [3.05, 3.63) is 59.7 Å². The fourth-order valence-electron chi connectivity index (χ4n) is 3.13. The van der Waals surface area contributed by atoms with Crippen LogP contribution in [0.1, 0.15) is 36.5 Å². The molecule has 7 nitrogen and oxygen atoms in total. The van der Waals surface area contributed by atoms with Crippen molar-refractivity contribution in [3.63, 3.8) is 0 Å². The Bertz CT molecular complexity index is 1070. The van der Waals surface area contributed by atoms with E-state index >= 15 is 0 Å². The zero-order valence-electron chi connectivity index (χ0n) is 16.8. The number of benzene rings is 2. The molecular formula is C21H22F2N2O5S. The molecule has 1 aliphatic rings. The summed E-state index contributed by atoms with van der Waals surface area (Å²) in [6.07, 6.45) is 1.04.